The predicted molar refractivity (Wildman–Crippen MR) is 66.2 cm³/mol. The first kappa shape index (κ1) is 12.8. The van der Waals surface area contributed by atoms with Gasteiger partial charge in [0.2, 0.25) is 0 Å². The van der Waals surface area contributed by atoms with E-state index in [2.05, 4.69) is 23.2 Å². The molecule has 1 aromatic carbocycles. The van der Waals surface area contributed by atoms with Gasteiger partial charge in [-0.1, -0.05) is 11.6 Å². The topological polar surface area (TPSA) is 44.2 Å². The second-order valence-corrected chi connectivity index (χ2v) is 4.98. The van der Waals surface area contributed by atoms with Gasteiger partial charge in [-0.05, 0) is 24.3 Å². The van der Waals surface area contributed by atoms with Crippen LogP contribution in [-0.4, -0.2) is 25.4 Å². The van der Waals surface area contributed by atoms with Gasteiger partial charge in [0.1, 0.15) is 13.1 Å². The molecule has 0 spiro atoms. The van der Waals surface area contributed by atoms with Crippen LogP contribution in [0.4, 0.5) is 0 Å². The van der Waals surface area contributed by atoms with E-state index >= 15 is 0 Å². The Kier molecular flexibility index (Phi) is 6.85. The lowest BCUT2D eigenvalue weighted by atomic mass is 10.4. The highest BCUT2D eigenvalue weighted by atomic mass is 35.5. The first-order valence-corrected chi connectivity index (χ1v) is 6.68. The van der Waals surface area contributed by atoms with E-state index in [1.54, 1.807) is 0 Å². The summed E-state index contributed by atoms with van der Waals surface area (Å²) in [4.78, 5) is 1.30. The molecule has 5 N–H and O–H groups in total. The zero-order valence-corrected chi connectivity index (χ0v) is 10.5. The van der Waals surface area contributed by atoms with Crippen molar-refractivity contribution in [3.05, 3.63) is 29.3 Å². The molecule has 84 valence electrons. The lowest BCUT2D eigenvalue weighted by Gasteiger charge is -2.01. The van der Waals surface area contributed by atoms with E-state index in [4.69, 9.17) is 11.6 Å². The maximum atomic E-state index is 5.81. The summed E-state index contributed by atoms with van der Waals surface area (Å²) in [6, 6.07) is 8.04. The molecule has 0 aliphatic rings. The summed E-state index contributed by atoms with van der Waals surface area (Å²) in [6.45, 7) is 3.37. The summed E-state index contributed by atoms with van der Waals surface area (Å²) >= 11 is 7.70. The normalized spacial score (nSPS) is 10.5. The van der Waals surface area contributed by atoms with Crippen molar-refractivity contribution in [2.45, 2.75) is 11.3 Å². The molecular weight excluding hydrogens is 228 g/mol. The van der Waals surface area contributed by atoms with Crippen molar-refractivity contribution in [2.75, 3.05) is 25.4 Å². The zero-order chi connectivity index (χ0) is 10.9. The molecule has 0 radical (unpaired) electrons. The number of thioether (sulfide) groups is 1. The fourth-order valence-corrected chi connectivity index (χ4v) is 2.24. The van der Waals surface area contributed by atoms with Crippen LogP contribution in [0.15, 0.2) is 29.2 Å². The van der Waals surface area contributed by atoms with Gasteiger partial charge in [-0.3, -0.25) is 0 Å². The molecule has 0 saturated heterocycles. The van der Waals surface area contributed by atoms with Gasteiger partial charge in [0.25, 0.3) is 0 Å². The summed E-state index contributed by atoms with van der Waals surface area (Å²) in [5, 5.41) is 3.14. The molecule has 0 aliphatic carbocycles. The minimum atomic E-state index is 0.808. The second-order valence-electron chi connectivity index (χ2n) is 3.38. The number of quaternary nitrogens is 2. The van der Waals surface area contributed by atoms with Crippen LogP contribution in [0.25, 0.3) is 0 Å². The summed E-state index contributed by atoms with van der Waals surface area (Å²) < 4.78 is 0. The summed E-state index contributed by atoms with van der Waals surface area (Å²) in [5.74, 6) is 1.18. The zero-order valence-electron chi connectivity index (χ0n) is 8.92. The Labute approximate surface area is 101 Å². The first-order valence-electron chi connectivity index (χ1n) is 5.32. The fraction of sp³-hybridized carbons (Fsp3) is 0.455. The van der Waals surface area contributed by atoms with Crippen molar-refractivity contribution < 1.29 is 11.1 Å². The van der Waals surface area contributed by atoms with E-state index in [1.807, 2.05) is 23.9 Å². The number of hydrogen-bond acceptors (Lipinski definition) is 1. The number of halogens is 1. The van der Waals surface area contributed by atoms with Crippen molar-refractivity contribution in [1.82, 2.24) is 0 Å². The Hall–Kier alpha value is -0.220. The first-order chi connectivity index (χ1) is 7.33. The van der Waals surface area contributed by atoms with Crippen LogP contribution in [0, 0.1) is 0 Å². The number of nitrogens with two attached hydrogens (primary N) is 1. The number of benzene rings is 1. The molecule has 0 fully saturated rings. The van der Waals surface area contributed by atoms with Crippen molar-refractivity contribution in [3.63, 3.8) is 0 Å². The SMILES string of the molecule is [NH3+]CC[NH2+]CCCSc1ccc(Cl)cc1. The molecule has 1 aromatic rings. The van der Waals surface area contributed by atoms with Crippen LogP contribution in [0.3, 0.4) is 0 Å². The van der Waals surface area contributed by atoms with Crippen molar-refractivity contribution in [1.29, 1.82) is 0 Å². The van der Waals surface area contributed by atoms with Gasteiger partial charge in [0.15, 0.2) is 0 Å². The average molecular weight is 247 g/mol. The third kappa shape index (κ3) is 6.05. The second kappa shape index (κ2) is 7.99. The molecule has 1 rings (SSSR count). The molecule has 2 nitrogen and oxygen atoms in total. The van der Waals surface area contributed by atoms with Crippen molar-refractivity contribution >= 4 is 23.4 Å². The largest absolute Gasteiger partial charge is 0.353 e. The minimum Gasteiger partial charge on any atom is -0.353 e. The molecular formula is C11H19ClN2S+2. The lowest BCUT2D eigenvalue weighted by molar-refractivity contribution is -0.669. The fourth-order valence-electron chi connectivity index (χ4n) is 1.24. The van der Waals surface area contributed by atoms with Gasteiger partial charge in [-0.15, -0.1) is 11.8 Å². The molecule has 4 heteroatoms. The Bertz CT molecular complexity index is 264. The summed E-state index contributed by atoms with van der Waals surface area (Å²) in [5.41, 5.74) is 3.81. The molecule has 0 atom stereocenters. The quantitative estimate of drug-likeness (QED) is 0.538. The Morgan fingerprint density at radius 3 is 2.60 bits per heavy atom. The number of hydrogen-bond donors (Lipinski definition) is 2. The highest BCUT2D eigenvalue weighted by Crippen LogP contribution is 2.20. The Morgan fingerprint density at radius 2 is 1.93 bits per heavy atom. The van der Waals surface area contributed by atoms with Crippen LogP contribution in [0.1, 0.15) is 6.42 Å². The third-order valence-corrected chi connectivity index (χ3v) is 3.39. The van der Waals surface area contributed by atoms with Gasteiger partial charge >= 0.3 is 0 Å². The van der Waals surface area contributed by atoms with Crippen LogP contribution < -0.4 is 11.1 Å². The molecule has 0 unspecified atom stereocenters. The average Bonchev–Trinajstić information content (AvgIpc) is 2.26. The van der Waals surface area contributed by atoms with Crippen LogP contribution in [-0.2, 0) is 0 Å². The monoisotopic (exact) mass is 246 g/mol. The number of rotatable bonds is 7. The third-order valence-electron chi connectivity index (χ3n) is 2.04. The van der Waals surface area contributed by atoms with E-state index in [-0.39, 0.29) is 0 Å². The maximum Gasteiger partial charge on any atom is 0.125 e. The summed E-state index contributed by atoms with van der Waals surface area (Å²) in [7, 11) is 0. The maximum absolute atomic E-state index is 5.81. The van der Waals surface area contributed by atoms with Crippen molar-refractivity contribution in [3.8, 4) is 0 Å². The molecule has 0 bridgehead atoms. The van der Waals surface area contributed by atoms with Crippen LogP contribution in [0.5, 0.6) is 0 Å². The van der Waals surface area contributed by atoms with Crippen LogP contribution in [0.2, 0.25) is 5.02 Å². The van der Waals surface area contributed by atoms with Gasteiger partial charge < -0.3 is 11.1 Å². The smallest absolute Gasteiger partial charge is 0.125 e. The van der Waals surface area contributed by atoms with E-state index in [0.717, 1.165) is 18.1 Å². The standard InChI is InChI=1S/C11H17ClN2S/c12-10-2-4-11(5-3-10)15-9-1-7-14-8-6-13/h2-5,14H,1,6-9,13H2/p+2. The summed E-state index contributed by atoms with van der Waals surface area (Å²) in [6.07, 6.45) is 1.24. The predicted octanol–water partition coefficient (Wildman–Crippen LogP) is 0.628. The molecule has 0 aliphatic heterocycles. The molecule has 15 heavy (non-hydrogen) atoms. The van der Waals surface area contributed by atoms with Gasteiger partial charge in [-0.25, -0.2) is 0 Å². The van der Waals surface area contributed by atoms with E-state index in [0.29, 0.717) is 0 Å². The van der Waals surface area contributed by atoms with Gasteiger partial charge in [-0.2, -0.15) is 0 Å². The van der Waals surface area contributed by atoms with E-state index < -0.39 is 0 Å². The van der Waals surface area contributed by atoms with E-state index in [9.17, 15) is 0 Å². The molecule has 0 amide bonds. The molecule has 0 aromatic heterocycles. The van der Waals surface area contributed by atoms with E-state index in [1.165, 1.54) is 23.6 Å². The minimum absolute atomic E-state index is 0.808. The highest BCUT2D eigenvalue weighted by Gasteiger charge is 1.95. The van der Waals surface area contributed by atoms with Gasteiger partial charge in [0, 0.05) is 22.1 Å². The Balaban J connectivity index is 2.07. The van der Waals surface area contributed by atoms with Gasteiger partial charge in [0.05, 0.1) is 6.54 Å². The van der Waals surface area contributed by atoms with Crippen LogP contribution >= 0.6 is 23.4 Å². The van der Waals surface area contributed by atoms with Crippen molar-refractivity contribution in [2.24, 2.45) is 0 Å². The Morgan fingerprint density at radius 1 is 1.20 bits per heavy atom. The highest BCUT2D eigenvalue weighted by molar-refractivity contribution is 7.99. The molecule has 0 heterocycles. The molecule has 0 saturated carbocycles. The lowest BCUT2D eigenvalue weighted by Crippen LogP contribution is -2.88.